The number of aromatic hydroxyl groups is 1. The fraction of sp³-hybridized carbons (Fsp3) is 0.609. The van der Waals surface area contributed by atoms with Gasteiger partial charge in [-0.25, -0.2) is 0 Å². The van der Waals surface area contributed by atoms with Gasteiger partial charge in [-0.15, -0.1) is 0 Å². The van der Waals surface area contributed by atoms with Crippen LogP contribution >= 0.6 is 0 Å². The first kappa shape index (κ1) is 20.7. The molecule has 5 rings (SSSR count). The first-order valence-corrected chi connectivity index (χ1v) is 10.4. The summed E-state index contributed by atoms with van der Waals surface area (Å²) in [5, 5.41) is 23.2. The summed E-state index contributed by atoms with van der Waals surface area (Å²) in [4.78, 5) is 12.6. The predicted molar refractivity (Wildman–Crippen MR) is 104 cm³/mol. The number of quaternary nitrogens is 1. The molecular formula is C23H30NO3Y+. The number of hydrogen-bond donors (Lipinski definition) is 2. The number of phenols is 1. The van der Waals surface area contributed by atoms with Gasteiger partial charge in [-0.3, -0.25) is 4.79 Å². The molecule has 2 bridgehead atoms. The molecule has 1 saturated heterocycles. The average molecular weight is 457 g/mol. The van der Waals surface area contributed by atoms with Gasteiger partial charge in [-0.1, -0.05) is 24.8 Å². The molecule has 2 N–H and O–H groups in total. The number of carbonyl (C=O) groups excluding carboxylic acids is 1. The van der Waals surface area contributed by atoms with Crippen molar-refractivity contribution in [2.45, 2.75) is 62.0 Å². The molecule has 3 fully saturated rings. The fourth-order valence-corrected chi connectivity index (χ4v) is 6.71. The molecule has 5 heteroatoms. The Balaban J connectivity index is 0.00000192. The van der Waals surface area contributed by atoms with Gasteiger partial charge in [0.1, 0.15) is 23.2 Å². The SMILES string of the molecule is C=Cc1ccc2c(c1O)[C@]13CC[N+](C)(CC4CC4)[C@H](C2)[C@]1(O)CCC(=O)C3.[Y]. The Bertz CT molecular complexity index is 850. The third kappa shape index (κ3) is 2.67. The Morgan fingerprint density at radius 2 is 2.07 bits per heavy atom. The van der Waals surface area contributed by atoms with Gasteiger partial charge >= 0.3 is 0 Å². The zero-order chi connectivity index (χ0) is 19.0. The van der Waals surface area contributed by atoms with Crippen molar-refractivity contribution in [2.75, 3.05) is 20.1 Å². The quantitative estimate of drug-likeness (QED) is 0.687. The van der Waals surface area contributed by atoms with Crippen LogP contribution in [0.2, 0.25) is 0 Å². The molecule has 1 unspecified atom stereocenters. The Morgan fingerprint density at radius 3 is 2.75 bits per heavy atom. The van der Waals surface area contributed by atoms with Crippen molar-refractivity contribution >= 4 is 11.9 Å². The van der Waals surface area contributed by atoms with Gasteiger partial charge in [0.25, 0.3) is 0 Å². The van der Waals surface area contributed by atoms with Crippen LogP contribution in [-0.4, -0.2) is 52.3 Å². The standard InChI is InChI=1S/C23H29NO3.Y/c1-3-16-6-7-17-12-19-23(27)9-8-18(25)13-22(23,20(17)21(16)26)10-11-24(19,2)14-15-4-5-15;/h3,6-7,15,19,27H,1,4-5,8-14H2,2H3;/p+1/t19-,22-,23-,24?;/m1./s1. The zero-order valence-electron chi connectivity index (χ0n) is 16.8. The molecule has 0 aromatic heterocycles. The number of ketones is 1. The predicted octanol–water partition coefficient (Wildman–Crippen LogP) is 2.94. The summed E-state index contributed by atoms with van der Waals surface area (Å²) >= 11 is 0. The van der Waals surface area contributed by atoms with E-state index >= 15 is 0 Å². The topological polar surface area (TPSA) is 57.5 Å². The Labute approximate surface area is 192 Å². The van der Waals surface area contributed by atoms with Crippen LogP contribution in [0.15, 0.2) is 18.7 Å². The second-order valence-corrected chi connectivity index (χ2v) is 9.76. The van der Waals surface area contributed by atoms with Crippen LogP contribution in [0.5, 0.6) is 5.75 Å². The summed E-state index contributed by atoms with van der Waals surface area (Å²) in [5.41, 5.74) is 1.08. The first-order chi connectivity index (χ1) is 12.8. The minimum Gasteiger partial charge on any atom is -0.507 e. The van der Waals surface area contributed by atoms with Crippen molar-refractivity contribution in [2.24, 2.45) is 5.92 Å². The van der Waals surface area contributed by atoms with E-state index in [0.29, 0.717) is 24.8 Å². The van der Waals surface area contributed by atoms with E-state index in [1.165, 1.54) is 12.8 Å². The molecule has 1 aliphatic heterocycles. The number of likely N-dealkylation sites (tertiary alicyclic amines) is 1. The second-order valence-electron chi connectivity index (χ2n) is 9.76. The minimum absolute atomic E-state index is 0. The second kappa shape index (κ2) is 6.73. The maximum atomic E-state index is 12.6. The fourth-order valence-electron chi connectivity index (χ4n) is 6.71. The van der Waals surface area contributed by atoms with Gasteiger partial charge < -0.3 is 14.7 Å². The van der Waals surface area contributed by atoms with Crippen molar-refractivity contribution in [3.8, 4) is 5.75 Å². The summed E-state index contributed by atoms with van der Waals surface area (Å²) in [5.74, 6) is 1.23. The Morgan fingerprint density at radius 1 is 1.32 bits per heavy atom. The van der Waals surface area contributed by atoms with Crippen LogP contribution in [-0.2, 0) is 49.3 Å². The van der Waals surface area contributed by atoms with Crippen LogP contribution in [0, 0.1) is 5.92 Å². The number of Topliss-reactive ketones (excluding diaryl/α,β-unsaturated/α-hetero) is 1. The maximum Gasteiger partial charge on any atom is 0.134 e. The van der Waals surface area contributed by atoms with Crippen LogP contribution in [0.4, 0.5) is 0 Å². The van der Waals surface area contributed by atoms with E-state index in [1.807, 2.05) is 6.07 Å². The summed E-state index contributed by atoms with van der Waals surface area (Å²) in [7, 11) is 2.31. The van der Waals surface area contributed by atoms with Crippen molar-refractivity contribution < 1.29 is 52.2 Å². The van der Waals surface area contributed by atoms with Crippen LogP contribution in [0.1, 0.15) is 55.2 Å². The van der Waals surface area contributed by atoms with Gasteiger partial charge in [0.05, 0.1) is 20.1 Å². The van der Waals surface area contributed by atoms with Crippen molar-refractivity contribution in [3.63, 3.8) is 0 Å². The molecule has 1 radical (unpaired) electrons. The van der Waals surface area contributed by atoms with Crippen molar-refractivity contribution in [1.82, 2.24) is 0 Å². The zero-order valence-corrected chi connectivity index (χ0v) is 19.6. The molecule has 3 aliphatic carbocycles. The van der Waals surface area contributed by atoms with Crippen molar-refractivity contribution in [3.05, 3.63) is 35.4 Å². The maximum absolute atomic E-state index is 12.6. The average Bonchev–Trinajstić information content (AvgIpc) is 3.43. The van der Waals surface area contributed by atoms with Crippen LogP contribution in [0.3, 0.4) is 0 Å². The van der Waals surface area contributed by atoms with E-state index < -0.39 is 11.0 Å². The molecular weight excluding hydrogens is 427 g/mol. The number of carbonyl (C=O) groups is 1. The van der Waals surface area contributed by atoms with Crippen molar-refractivity contribution in [1.29, 1.82) is 0 Å². The molecule has 4 nitrogen and oxygen atoms in total. The third-order valence-electron chi connectivity index (χ3n) is 8.25. The Hall–Kier alpha value is -0.546. The normalized spacial score (nSPS) is 38.8. The third-order valence-corrected chi connectivity index (χ3v) is 8.25. The van der Waals surface area contributed by atoms with E-state index in [-0.39, 0.29) is 50.3 Å². The molecule has 147 valence electrons. The molecule has 4 atom stereocenters. The summed E-state index contributed by atoms with van der Waals surface area (Å²) in [6, 6.07) is 4.11. The van der Waals surface area contributed by atoms with Crippen LogP contribution in [0.25, 0.3) is 6.08 Å². The summed E-state index contributed by atoms with van der Waals surface area (Å²) in [6.45, 7) is 5.92. The van der Waals surface area contributed by atoms with E-state index in [9.17, 15) is 15.0 Å². The molecule has 2 saturated carbocycles. The number of fused-ring (bicyclic) bond motifs is 1. The van der Waals surface area contributed by atoms with E-state index in [2.05, 4.69) is 19.7 Å². The number of piperidine rings is 1. The van der Waals surface area contributed by atoms with E-state index in [1.54, 1.807) is 6.08 Å². The summed E-state index contributed by atoms with van der Waals surface area (Å²) < 4.78 is 0.903. The van der Waals surface area contributed by atoms with Gasteiger partial charge in [-0.05, 0) is 24.8 Å². The number of aliphatic hydroxyl groups is 1. The Kier molecular flexibility index (Phi) is 4.98. The number of nitrogens with zero attached hydrogens (tertiary/aromatic N) is 1. The molecule has 28 heavy (non-hydrogen) atoms. The van der Waals surface area contributed by atoms with Gasteiger partial charge in [0.2, 0.25) is 0 Å². The van der Waals surface area contributed by atoms with Crippen LogP contribution < -0.4 is 0 Å². The largest absolute Gasteiger partial charge is 0.507 e. The molecule has 1 heterocycles. The smallest absolute Gasteiger partial charge is 0.134 e. The van der Waals surface area contributed by atoms with Gasteiger partial charge in [0, 0.05) is 80.9 Å². The first-order valence-electron chi connectivity index (χ1n) is 10.4. The molecule has 4 aliphatic rings. The number of hydrogen-bond acceptors (Lipinski definition) is 3. The monoisotopic (exact) mass is 457 g/mol. The molecule has 0 spiro atoms. The molecule has 1 aromatic rings. The van der Waals surface area contributed by atoms with E-state index in [0.717, 1.165) is 47.5 Å². The minimum atomic E-state index is -0.924. The number of rotatable bonds is 3. The summed E-state index contributed by atoms with van der Waals surface area (Å²) in [6.07, 6.45) is 7.14. The molecule has 0 amide bonds. The van der Waals surface area contributed by atoms with E-state index in [4.69, 9.17) is 0 Å². The number of phenolic OH excluding ortho intramolecular Hbond substituents is 1. The van der Waals surface area contributed by atoms with Gasteiger partial charge in [-0.2, -0.15) is 0 Å². The van der Waals surface area contributed by atoms with Gasteiger partial charge in [0.15, 0.2) is 0 Å². The number of likely N-dealkylation sites (N-methyl/N-ethyl adjacent to an activating group) is 1. The molecule has 1 aromatic carbocycles. The number of benzene rings is 1.